The van der Waals surface area contributed by atoms with E-state index in [-0.39, 0.29) is 28.2 Å². The average molecular weight is 350 g/mol. The Morgan fingerprint density at radius 3 is 2.56 bits per heavy atom. The third-order valence-corrected chi connectivity index (χ3v) is 3.85. The summed E-state index contributed by atoms with van der Waals surface area (Å²) < 4.78 is 40.4. The molecule has 2 heterocycles. The van der Waals surface area contributed by atoms with Crippen LogP contribution in [-0.2, 0) is 6.18 Å². The maximum absolute atomic E-state index is 13.0. The minimum Gasteiger partial charge on any atom is -0.508 e. The maximum Gasteiger partial charge on any atom is 0.417 e. The molecule has 3 rings (SSSR count). The van der Waals surface area contributed by atoms with E-state index in [9.17, 15) is 23.1 Å². The van der Waals surface area contributed by atoms with Gasteiger partial charge in [0.25, 0.3) is 5.91 Å². The van der Waals surface area contributed by atoms with Crippen LogP contribution in [-0.4, -0.2) is 20.6 Å². The fourth-order valence-electron chi connectivity index (χ4n) is 2.68. The second-order valence-electron chi connectivity index (χ2n) is 5.52. The van der Waals surface area contributed by atoms with Crippen molar-refractivity contribution in [3.63, 3.8) is 0 Å². The van der Waals surface area contributed by atoms with Crippen LogP contribution in [0.1, 0.15) is 21.5 Å². The second kappa shape index (κ2) is 5.40. The van der Waals surface area contributed by atoms with E-state index in [4.69, 9.17) is 11.5 Å². The molecule has 0 aliphatic rings. The smallest absolute Gasteiger partial charge is 0.417 e. The van der Waals surface area contributed by atoms with Gasteiger partial charge in [-0.3, -0.25) is 14.3 Å². The number of benzene rings is 1. The van der Waals surface area contributed by atoms with E-state index in [1.54, 1.807) is 13.0 Å². The molecule has 0 spiro atoms. The van der Waals surface area contributed by atoms with Gasteiger partial charge in [0.2, 0.25) is 0 Å². The normalized spacial score (nSPS) is 11.8. The summed E-state index contributed by atoms with van der Waals surface area (Å²) in [5.41, 5.74) is 11.0. The molecule has 0 unspecified atom stereocenters. The number of fused-ring (bicyclic) bond motifs is 1. The SMILES string of the molecule is Cc1ccc(O)cc1-n1c(N)c(C(N)=O)c2ncc(C(F)(F)F)cc21. The van der Waals surface area contributed by atoms with Crippen molar-refractivity contribution < 1.29 is 23.1 Å². The summed E-state index contributed by atoms with van der Waals surface area (Å²) >= 11 is 0. The quantitative estimate of drug-likeness (QED) is 0.660. The molecule has 0 aliphatic heterocycles. The van der Waals surface area contributed by atoms with Crippen LogP contribution in [0.3, 0.4) is 0 Å². The number of aromatic nitrogens is 2. The molecule has 25 heavy (non-hydrogen) atoms. The Bertz CT molecular complexity index is 1010. The molecule has 0 saturated heterocycles. The lowest BCUT2D eigenvalue weighted by Gasteiger charge is -2.13. The number of nitrogens with two attached hydrogens (primary N) is 2. The van der Waals surface area contributed by atoms with E-state index in [1.165, 1.54) is 16.7 Å². The molecule has 1 aromatic carbocycles. The number of hydrogen-bond donors (Lipinski definition) is 3. The van der Waals surface area contributed by atoms with Crippen LogP contribution in [0.25, 0.3) is 16.7 Å². The summed E-state index contributed by atoms with van der Waals surface area (Å²) in [6.45, 7) is 1.69. The molecule has 6 nitrogen and oxygen atoms in total. The highest BCUT2D eigenvalue weighted by molar-refractivity contribution is 6.10. The zero-order valence-electron chi connectivity index (χ0n) is 12.9. The standard InChI is InChI=1S/C16H13F3N4O2/c1-7-2-3-9(24)5-10(7)23-11-4-8(16(17,18)19)6-22-13(11)12(14(23)20)15(21)25/h2-6,24H,20H2,1H3,(H2,21,25). The van der Waals surface area contributed by atoms with E-state index in [0.717, 1.165) is 6.07 Å². The molecular formula is C16H13F3N4O2. The summed E-state index contributed by atoms with van der Waals surface area (Å²) in [4.78, 5) is 15.5. The number of carbonyl (C=O) groups is 1. The first-order chi connectivity index (χ1) is 11.6. The van der Waals surface area contributed by atoms with Crippen LogP contribution in [0.15, 0.2) is 30.5 Å². The van der Waals surface area contributed by atoms with Crippen molar-refractivity contribution in [2.24, 2.45) is 5.73 Å². The Morgan fingerprint density at radius 2 is 1.96 bits per heavy atom. The van der Waals surface area contributed by atoms with Crippen LogP contribution < -0.4 is 11.5 Å². The molecule has 0 fully saturated rings. The van der Waals surface area contributed by atoms with Gasteiger partial charge in [-0.1, -0.05) is 6.07 Å². The Kier molecular flexibility index (Phi) is 3.59. The van der Waals surface area contributed by atoms with Crippen molar-refractivity contribution >= 4 is 22.8 Å². The Labute approximate surface area is 139 Å². The van der Waals surface area contributed by atoms with Gasteiger partial charge >= 0.3 is 6.18 Å². The van der Waals surface area contributed by atoms with Crippen molar-refractivity contribution in [2.45, 2.75) is 13.1 Å². The van der Waals surface area contributed by atoms with E-state index >= 15 is 0 Å². The number of nitrogen functional groups attached to an aromatic ring is 1. The Morgan fingerprint density at radius 1 is 1.28 bits per heavy atom. The molecule has 0 bridgehead atoms. The summed E-state index contributed by atoms with van der Waals surface area (Å²) in [7, 11) is 0. The van der Waals surface area contributed by atoms with E-state index in [1.807, 2.05) is 0 Å². The Balaban J connectivity index is 2.46. The van der Waals surface area contributed by atoms with Crippen molar-refractivity contribution in [3.8, 4) is 11.4 Å². The van der Waals surface area contributed by atoms with E-state index in [0.29, 0.717) is 17.4 Å². The lowest BCUT2D eigenvalue weighted by atomic mass is 10.2. The van der Waals surface area contributed by atoms with Crippen LogP contribution in [0.4, 0.5) is 19.0 Å². The fourth-order valence-corrected chi connectivity index (χ4v) is 2.68. The molecule has 0 atom stereocenters. The van der Waals surface area contributed by atoms with Gasteiger partial charge in [0.05, 0.1) is 16.8 Å². The summed E-state index contributed by atoms with van der Waals surface area (Å²) in [6, 6.07) is 5.17. The maximum atomic E-state index is 13.0. The zero-order chi connectivity index (χ0) is 18.5. The lowest BCUT2D eigenvalue weighted by Crippen LogP contribution is -2.14. The van der Waals surface area contributed by atoms with E-state index < -0.39 is 17.6 Å². The molecule has 5 N–H and O–H groups in total. The number of primary amides is 1. The molecule has 1 amide bonds. The monoisotopic (exact) mass is 350 g/mol. The lowest BCUT2D eigenvalue weighted by molar-refractivity contribution is -0.137. The van der Waals surface area contributed by atoms with Crippen molar-refractivity contribution in [3.05, 3.63) is 47.2 Å². The van der Waals surface area contributed by atoms with Crippen LogP contribution in [0.5, 0.6) is 5.75 Å². The van der Waals surface area contributed by atoms with Crippen molar-refractivity contribution in [1.29, 1.82) is 0 Å². The number of amides is 1. The number of alkyl halides is 3. The fraction of sp³-hybridized carbons (Fsp3) is 0.125. The highest BCUT2D eigenvalue weighted by Gasteiger charge is 2.33. The predicted molar refractivity (Wildman–Crippen MR) is 85.4 cm³/mol. The van der Waals surface area contributed by atoms with E-state index in [2.05, 4.69) is 4.98 Å². The first-order valence-electron chi connectivity index (χ1n) is 7.08. The number of pyridine rings is 1. The van der Waals surface area contributed by atoms with Gasteiger partial charge < -0.3 is 16.6 Å². The number of nitrogens with zero attached hydrogens (tertiary/aromatic N) is 2. The number of phenolic OH excluding ortho intramolecular Hbond substituents is 1. The number of hydrogen-bond acceptors (Lipinski definition) is 4. The van der Waals surface area contributed by atoms with Crippen LogP contribution >= 0.6 is 0 Å². The number of rotatable bonds is 2. The molecule has 130 valence electrons. The molecular weight excluding hydrogens is 337 g/mol. The second-order valence-corrected chi connectivity index (χ2v) is 5.52. The van der Waals surface area contributed by atoms with Gasteiger partial charge in [-0.15, -0.1) is 0 Å². The molecule has 9 heteroatoms. The highest BCUT2D eigenvalue weighted by Crippen LogP contribution is 2.36. The number of aryl methyl sites for hydroxylation is 1. The molecule has 0 saturated carbocycles. The summed E-state index contributed by atoms with van der Waals surface area (Å²) in [5.74, 6) is -1.17. The summed E-state index contributed by atoms with van der Waals surface area (Å²) in [6.07, 6.45) is -4.00. The molecule has 0 radical (unpaired) electrons. The number of anilines is 1. The molecule has 2 aromatic heterocycles. The van der Waals surface area contributed by atoms with Crippen LogP contribution in [0.2, 0.25) is 0 Å². The first-order valence-corrected chi connectivity index (χ1v) is 7.08. The predicted octanol–water partition coefficient (Wildman–Crippen LogP) is 2.74. The minimum absolute atomic E-state index is 0.0326. The number of aromatic hydroxyl groups is 1. The molecule has 0 aliphatic carbocycles. The highest BCUT2D eigenvalue weighted by atomic mass is 19.4. The third kappa shape index (κ3) is 2.63. The average Bonchev–Trinajstić information content (AvgIpc) is 2.80. The number of carbonyl (C=O) groups excluding carboxylic acids is 1. The minimum atomic E-state index is -4.62. The number of halogens is 3. The largest absolute Gasteiger partial charge is 0.508 e. The van der Waals surface area contributed by atoms with Gasteiger partial charge in [-0.2, -0.15) is 13.2 Å². The summed E-state index contributed by atoms with van der Waals surface area (Å²) in [5, 5.41) is 9.72. The van der Waals surface area contributed by atoms with Crippen LogP contribution in [0, 0.1) is 6.92 Å². The molecule has 3 aromatic rings. The van der Waals surface area contributed by atoms with Crippen molar-refractivity contribution in [1.82, 2.24) is 9.55 Å². The van der Waals surface area contributed by atoms with Gasteiger partial charge in [0, 0.05) is 12.3 Å². The van der Waals surface area contributed by atoms with Gasteiger partial charge in [-0.25, -0.2) is 0 Å². The number of phenols is 1. The van der Waals surface area contributed by atoms with Gasteiger partial charge in [0.15, 0.2) is 0 Å². The zero-order valence-corrected chi connectivity index (χ0v) is 12.9. The van der Waals surface area contributed by atoms with Gasteiger partial charge in [0.1, 0.15) is 22.6 Å². The first kappa shape index (κ1) is 16.6. The van der Waals surface area contributed by atoms with Crippen molar-refractivity contribution in [2.75, 3.05) is 5.73 Å². The Hall–Kier alpha value is -3.23. The third-order valence-electron chi connectivity index (χ3n) is 3.85. The van der Waals surface area contributed by atoms with Gasteiger partial charge in [-0.05, 0) is 24.6 Å². The topological polar surface area (TPSA) is 107 Å².